The Hall–Kier alpha value is 1.16. The first-order valence-corrected chi connectivity index (χ1v) is 4.71. The molecule has 10 heavy (non-hydrogen) atoms. The number of rotatable bonds is 2. The Morgan fingerprint density at radius 3 is 1.50 bits per heavy atom. The largest absolute Gasteiger partial charge is 0.187 e. The van der Waals surface area contributed by atoms with Crippen LogP contribution in [0.3, 0.4) is 0 Å². The summed E-state index contributed by atoms with van der Waals surface area (Å²) in [5.74, 6) is 0.816. The van der Waals surface area contributed by atoms with Gasteiger partial charge in [0.25, 0.3) is 0 Å². The minimum absolute atomic E-state index is 0.816. The molecule has 0 atom stereocenters. The van der Waals surface area contributed by atoms with Crippen molar-refractivity contribution in [1.29, 1.82) is 0 Å². The molecule has 0 rings (SSSR count). The Labute approximate surface area is 82.8 Å². The van der Waals surface area contributed by atoms with Gasteiger partial charge in [0.2, 0.25) is 0 Å². The molecule has 0 aliphatic heterocycles. The highest BCUT2D eigenvalue weighted by Crippen LogP contribution is 2.23. The van der Waals surface area contributed by atoms with Crippen LogP contribution in [0.15, 0.2) is 0 Å². The average molecular weight is 226 g/mol. The lowest BCUT2D eigenvalue weighted by atomic mass is 10.4. The maximum absolute atomic E-state index is 5.30. The molecule has 0 heterocycles. The average Bonchev–Trinajstić information content (AvgIpc) is 1.63. The van der Waals surface area contributed by atoms with E-state index >= 15 is 0 Å². The van der Waals surface area contributed by atoms with Crippen LogP contribution in [0, 0.1) is 0 Å². The van der Waals surface area contributed by atoms with Gasteiger partial charge in [0.1, 0.15) is 0 Å². The first-order valence-electron chi connectivity index (χ1n) is 3.04. The van der Waals surface area contributed by atoms with Crippen molar-refractivity contribution in [2.24, 2.45) is 0 Å². The molecule has 0 amide bonds. The molecule has 0 saturated carbocycles. The monoisotopic (exact) mass is 224 g/mol. The first-order chi connectivity index (χ1) is 4.41. The number of unbranched alkanes of at least 4 members (excludes halogenated alkanes) is 1. The summed E-state index contributed by atoms with van der Waals surface area (Å²) in [6.45, 7) is 3.61. The van der Waals surface area contributed by atoms with E-state index in [1.807, 2.05) is 0 Å². The lowest BCUT2D eigenvalue weighted by molar-refractivity contribution is 0.892. The number of hydrogen-bond donors (Lipinski definition) is 0. The van der Waals surface area contributed by atoms with E-state index in [9.17, 15) is 0 Å². The van der Waals surface area contributed by atoms with Gasteiger partial charge in [-0.05, 0) is 13.3 Å². The summed E-state index contributed by atoms with van der Waals surface area (Å²) in [5.41, 5.74) is 0. The minimum atomic E-state index is -1.08. The fourth-order valence-corrected chi connectivity index (χ4v) is 0.401. The van der Waals surface area contributed by atoms with Gasteiger partial charge in [-0.15, -0.1) is 11.6 Å². The molecule has 64 valence electrons. The van der Waals surface area contributed by atoms with Gasteiger partial charge in [0.15, 0.2) is 3.79 Å². The van der Waals surface area contributed by atoms with Crippen LogP contribution in [0.1, 0.15) is 26.7 Å². The molecular weight excluding hydrogens is 214 g/mol. The summed E-state index contributed by atoms with van der Waals surface area (Å²) in [6.07, 6.45) is 2.37. The van der Waals surface area contributed by atoms with Crippen molar-refractivity contribution in [2.75, 3.05) is 5.88 Å². The maximum Gasteiger partial charge on any atom is 0.187 e. The van der Waals surface area contributed by atoms with E-state index in [1.54, 1.807) is 0 Å². The third kappa shape index (κ3) is 61.1. The van der Waals surface area contributed by atoms with Gasteiger partial charge in [-0.2, -0.15) is 0 Å². The summed E-state index contributed by atoms with van der Waals surface area (Å²) >= 11 is 20.5. The van der Waals surface area contributed by atoms with Gasteiger partial charge in [-0.1, -0.05) is 48.1 Å². The van der Waals surface area contributed by atoms with Gasteiger partial charge >= 0.3 is 0 Å². The lowest BCUT2D eigenvalue weighted by Crippen LogP contribution is -1.87. The van der Waals surface area contributed by atoms with E-state index in [0.717, 1.165) is 12.3 Å². The smallest absolute Gasteiger partial charge is 0.127 e. The highest BCUT2D eigenvalue weighted by molar-refractivity contribution is 6.67. The van der Waals surface area contributed by atoms with Gasteiger partial charge in [-0.25, -0.2) is 0 Å². The second kappa shape index (κ2) is 8.26. The fraction of sp³-hybridized carbons (Fsp3) is 1.00. The molecule has 0 N–H and O–H groups in total. The SMILES string of the molecule is CC(Cl)(Cl)Cl.CCCCCl. The Bertz CT molecular complexity index is 49.3. The molecule has 0 radical (unpaired) electrons. The summed E-state index contributed by atoms with van der Waals surface area (Å²) in [6, 6.07) is 0. The molecule has 0 aromatic heterocycles. The molecule has 0 saturated heterocycles. The molecule has 0 aliphatic rings. The van der Waals surface area contributed by atoms with Crippen LogP contribution in [0.5, 0.6) is 0 Å². The predicted octanol–water partition coefficient (Wildman–Crippen LogP) is 4.40. The maximum atomic E-state index is 5.30. The Kier molecular flexibility index (Phi) is 11.3. The molecule has 0 aromatic carbocycles. The molecule has 0 nitrogen and oxygen atoms in total. The highest BCUT2D eigenvalue weighted by atomic mass is 35.6. The molecule has 4 heteroatoms. The first kappa shape index (κ1) is 13.7. The van der Waals surface area contributed by atoms with Gasteiger partial charge < -0.3 is 0 Å². The molecule has 0 aliphatic carbocycles. The van der Waals surface area contributed by atoms with Crippen molar-refractivity contribution in [1.82, 2.24) is 0 Å². The quantitative estimate of drug-likeness (QED) is 0.612. The van der Waals surface area contributed by atoms with Crippen LogP contribution in [-0.4, -0.2) is 9.67 Å². The lowest BCUT2D eigenvalue weighted by Gasteiger charge is -1.94. The van der Waals surface area contributed by atoms with Crippen molar-refractivity contribution in [2.45, 2.75) is 30.5 Å². The third-order valence-electron chi connectivity index (χ3n) is 0.487. The van der Waals surface area contributed by atoms with Crippen LogP contribution in [0.25, 0.3) is 0 Å². The van der Waals surface area contributed by atoms with E-state index in [4.69, 9.17) is 46.4 Å². The zero-order chi connectivity index (χ0) is 8.62. The van der Waals surface area contributed by atoms with Crippen molar-refractivity contribution >= 4 is 46.4 Å². The fourth-order valence-electron chi connectivity index (χ4n) is 0.134. The highest BCUT2D eigenvalue weighted by Gasteiger charge is 2.07. The summed E-state index contributed by atoms with van der Waals surface area (Å²) < 4.78 is -1.08. The normalized spacial score (nSPS) is 10.2. The molecular formula is C6H12Cl4. The topological polar surface area (TPSA) is 0 Å². The second-order valence-corrected chi connectivity index (χ2v) is 5.05. The van der Waals surface area contributed by atoms with E-state index in [1.165, 1.54) is 13.3 Å². The number of halogens is 4. The molecule has 0 unspecified atom stereocenters. The molecule has 0 bridgehead atoms. The third-order valence-corrected chi connectivity index (χ3v) is 0.754. The zero-order valence-corrected chi connectivity index (χ0v) is 9.16. The van der Waals surface area contributed by atoms with Gasteiger partial charge in [0, 0.05) is 5.88 Å². The second-order valence-electron chi connectivity index (χ2n) is 1.82. The van der Waals surface area contributed by atoms with Gasteiger partial charge in [-0.3, -0.25) is 0 Å². The van der Waals surface area contributed by atoms with E-state index < -0.39 is 3.79 Å². The molecule has 0 fully saturated rings. The Morgan fingerprint density at radius 1 is 1.20 bits per heavy atom. The standard InChI is InChI=1S/C4H9Cl.C2H3Cl3/c1-2-3-4-5;1-2(3,4)5/h2-4H2,1H3;1H3. The molecule has 0 spiro atoms. The van der Waals surface area contributed by atoms with E-state index in [2.05, 4.69) is 6.92 Å². The van der Waals surface area contributed by atoms with E-state index in [-0.39, 0.29) is 0 Å². The minimum Gasteiger partial charge on any atom is -0.127 e. The molecule has 0 aromatic rings. The zero-order valence-electron chi connectivity index (χ0n) is 6.13. The summed E-state index contributed by atoms with van der Waals surface area (Å²) in [5, 5.41) is 0. The van der Waals surface area contributed by atoms with Crippen LogP contribution < -0.4 is 0 Å². The van der Waals surface area contributed by atoms with E-state index in [0.29, 0.717) is 0 Å². The number of hydrogen-bond acceptors (Lipinski definition) is 0. The van der Waals surface area contributed by atoms with Crippen LogP contribution in [0.2, 0.25) is 0 Å². The Morgan fingerprint density at radius 2 is 1.50 bits per heavy atom. The van der Waals surface area contributed by atoms with Crippen LogP contribution >= 0.6 is 46.4 Å². The van der Waals surface area contributed by atoms with Crippen molar-refractivity contribution < 1.29 is 0 Å². The van der Waals surface area contributed by atoms with Crippen LogP contribution in [-0.2, 0) is 0 Å². The van der Waals surface area contributed by atoms with Crippen molar-refractivity contribution in [3.8, 4) is 0 Å². The number of alkyl halides is 4. The predicted molar refractivity (Wildman–Crippen MR) is 51.6 cm³/mol. The summed E-state index contributed by atoms with van der Waals surface area (Å²) in [7, 11) is 0. The Balaban J connectivity index is 0. The van der Waals surface area contributed by atoms with Gasteiger partial charge in [0.05, 0.1) is 0 Å². The van der Waals surface area contributed by atoms with Crippen molar-refractivity contribution in [3.63, 3.8) is 0 Å². The van der Waals surface area contributed by atoms with Crippen molar-refractivity contribution in [3.05, 3.63) is 0 Å². The van der Waals surface area contributed by atoms with Crippen LogP contribution in [0.4, 0.5) is 0 Å². The summed E-state index contributed by atoms with van der Waals surface area (Å²) in [4.78, 5) is 0.